The molecule has 3 aliphatic rings. The number of morpholine rings is 1. The molecule has 0 saturated carbocycles. The Bertz CT molecular complexity index is 1440. The first-order chi connectivity index (χ1) is 21.5. The van der Waals surface area contributed by atoms with Gasteiger partial charge in [-0.3, -0.25) is 19.6 Å². The van der Waals surface area contributed by atoms with Crippen LogP contribution in [-0.4, -0.2) is 107 Å². The molecule has 3 aliphatic heterocycles. The fourth-order valence-corrected chi connectivity index (χ4v) is 6.92. The molecule has 2 saturated heterocycles. The highest BCUT2D eigenvalue weighted by molar-refractivity contribution is 5.97. The molecule has 0 unspecified atom stereocenters. The van der Waals surface area contributed by atoms with Crippen molar-refractivity contribution in [3.8, 4) is 0 Å². The second kappa shape index (κ2) is 13.2. The summed E-state index contributed by atoms with van der Waals surface area (Å²) in [5, 5.41) is 0. The number of benzene rings is 1. The normalized spacial score (nSPS) is 25.4. The van der Waals surface area contributed by atoms with E-state index in [1.165, 1.54) is 12.1 Å². The quantitative estimate of drug-likeness (QED) is 0.440. The number of rotatable bonds is 6. The van der Waals surface area contributed by atoms with Gasteiger partial charge in [0, 0.05) is 85.7 Å². The van der Waals surface area contributed by atoms with Gasteiger partial charge in [0.25, 0.3) is 0 Å². The van der Waals surface area contributed by atoms with E-state index in [1.54, 1.807) is 11.1 Å². The van der Waals surface area contributed by atoms with Gasteiger partial charge in [-0.2, -0.15) is 0 Å². The van der Waals surface area contributed by atoms with Crippen LogP contribution in [0.25, 0.3) is 0 Å². The van der Waals surface area contributed by atoms with E-state index in [-0.39, 0.29) is 54.5 Å². The molecule has 0 N–H and O–H groups in total. The number of pyridine rings is 1. The summed E-state index contributed by atoms with van der Waals surface area (Å²) in [4.78, 5) is 40.3. The van der Waals surface area contributed by atoms with E-state index in [0.29, 0.717) is 50.7 Å². The van der Waals surface area contributed by atoms with Crippen molar-refractivity contribution in [1.82, 2.24) is 19.7 Å². The third-order valence-corrected chi connectivity index (χ3v) is 9.39. The second-order valence-electron chi connectivity index (χ2n) is 15.0. The Morgan fingerprint density at radius 2 is 1.74 bits per heavy atom. The average Bonchev–Trinajstić information content (AvgIpc) is 3.22. The van der Waals surface area contributed by atoms with Crippen molar-refractivity contribution < 1.29 is 27.8 Å². The Morgan fingerprint density at radius 3 is 2.39 bits per heavy atom. The van der Waals surface area contributed by atoms with Gasteiger partial charge in [-0.05, 0) is 59.2 Å². The smallest absolute Gasteiger partial charge is 0.410 e. The lowest BCUT2D eigenvalue weighted by Gasteiger charge is -2.49. The van der Waals surface area contributed by atoms with Crippen molar-refractivity contribution in [3.63, 3.8) is 0 Å². The number of aromatic nitrogens is 1. The summed E-state index contributed by atoms with van der Waals surface area (Å²) in [5.74, 6) is -1.29. The maximum absolute atomic E-state index is 14.5. The summed E-state index contributed by atoms with van der Waals surface area (Å²) < 4.78 is 39.5. The molecule has 1 aromatic heterocycles. The van der Waals surface area contributed by atoms with Crippen molar-refractivity contribution in [2.75, 3.05) is 50.8 Å². The topological polar surface area (TPSA) is 78.5 Å². The fourth-order valence-electron chi connectivity index (χ4n) is 6.92. The minimum Gasteiger partial charge on any atom is -0.444 e. The van der Waals surface area contributed by atoms with Crippen LogP contribution >= 0.6 is 0 Å². The van der Waals surface area contributed by atoms with Gasteiger partial charge >= 0.3 is 6.09 Å². The first kappa shape index (κ1) is 34.2. The summed E-state index contributed by atoms with van der Waals surface area (Å²) >= 11 is 0. The molecule has 0 spiro atoms. The molecule has 4 heterocycles. The van der Waals surface area contributed by atoms with E-state index in [2.05, 4.69) is 42.5 Å². The number of ether oxygens (including phenoxy) is 2. The monoisotopic (exact) mass is 641 g/mol. The molecule has 0 radical (unpaired) electrons. The Balaban J connectivity index is 1.38. The van der Waals surface area contributed by atoms with Gasteiger partial charge in [0.05, 0.1) is 25.4 Å². The van der Waals surface area contributed by atoms with Crippen molar-refractivity contribution in [1.29, 1.82) is 0 Å². The molecule has 1 aromatic carbocycles. The largest absolute Gasteiger partial charge is 0.444 e. The zero-order valence-electron chi connectivity index (χ0n) is 28.5. The van der Waals surface area contributed by atoms with Gasteiger partial charge in [-0.1, -0.05) is 19.9 Å². The van der Waals surface area contributed by atoms with E-state index in [9.17, 15) is 18.4 Å². The summed E-state index contributed by atoms with van der Waals surface area (Å²) in [6, 6.07) is 5.58. The van der Waals surface area contributed by atoms with Crippen LogP contribution in [0, 0.1) is 11.6 Å². The molecule has 2 aromatic rings. The summed E-state index contributed by atoms with van der Waals surface area (Å²) in [5.41, 5.74) is 1.74. The number of halogens is 2. The molecule has 46 heavy (non-hydrogen) atoms. The van der Waals surface area contributed by atoms with Gasteiger partial charge in [0.1, 0.15) is 17.2 Å². The highest BCUT2D eigenvalue weighted by Gasteiger charge is 2.43. The lowest BCUT2D eigenvalue weighted by Crippen LogP contribution is -2.65. The second-order valence-corrected chi connectivity index (χ2v) is 15.0. The molecule has 0 aliphatic carbocycles. The van der Waals surface area contributed by atoms with E-state index in [0.717, 1.165) is 17.3 Å². The number of anilines is 1. The van der Waals surface area contributed by atoms with Gasteiger partial charge in [0.15, 0.2) is 0 Å². The standard InChI is InChI=1S/C35H49F2N5O4/c1-22-15-39(28(16-40-23(2)19-45-20-24(40)3)17-41(22)33(44)46-34(4,5)6)18-32(43)42-21-35(7,8)29-14-38-27(13-31(29)42)11-25-9-10-26(36)12-30(25)37/h9-10,12-14,22-24,28H,11,15-21H2,1-8H3/t22-,23-,24-,28+/m1/s1. The van der Waals surface area contributed by atoms with Crippen LogP contribution in [0.2, 0.25) is 0 Å². The number of hydrogen-bond donors (Lipinski definition) is 0. The van der Waals surface area contributed by atoms with E-state index in [1.807, 2.05) is 38.7 Å². The van der Waals surface area contributed by atoms with Crippen LogP contribution < -0.4 is 4.90 Å². The Morgan fingerprint density at radius 1 is 1.04 bits per heavy atom. The van der Waals surface area contributed by atoms with Gasteiger partial charge in [0.2, 0.25) is 5.91 Å². The number of fused-ring (bicyclic) bond motifs is 1. The SMILES string of the molecule is C[C@@H]1CN(CC(=O)N2CC(C)(C)c3cnc(Cc4ccc(F)cc4F)cc32)[C@@H](CN2[C@H](C)COC[C@H]2C)CN1C(=O)OC(C)(C)C. The molecule has 9 nitrogen and oxygen atoms in total. The third-order valence-electron chi connectivity index (χ3n) is 9.39. The van der Waals surface area contributed by atoms with Gasteiger partial charge in [-0.25, -0.2) is 13.6 Å². The predicted octanol–water partition coefficient (Wildman–Crippen LogP) is 4.99. The molecule has 11 heteroatoms. The first-order valence-corrected chi connectivity index (χ1v) is 16.3. The maximum atomic E-state index is 14.5. The Kier molecular flexibility index (Phi) is 9.78. The van der Waals surface area contributed by atoms with E-state index in [4.69, 9.17) is 9.47 Å². The Hall–Kier alpha value is -3.15. The van der Waals surface area contributed by atoms with E-state index >= 15 is 0 Å². The molecule has 2 fully saturated rings. The van der Waals surface area contributed by atoms with Crippen LogP contribution in [-0.2, 0) is 26.1 Å². The Labute approximate surface area is 271 Å². The van der Waals surface area contributed by atoms with Crippen LogP contribution in [0.15, 0.2) is 30.5 Å². The number of nitrogens with zero attached hydrogens (tertiary/aromatic N) is 5. The lowest BCUT2D eigenvalue weighted by molar-refractivity contribution is -0.122. The number of amides is 2. The molecular weight excluding hydrogens is 592 g/mol. The predicted molar refractivity (Wildman–Crippen MR) is 173 cm³/mol. The van der Waals surface area contributed by atoms with Crippen LogP contribution in [0.1, 0.15) is 72.2 Å². The zero-order chi connectivity index (χ0) is 33.6. The van der Waals surface area contributed by atoms with Gasteiger partial charge < -0.3 is 19.3 Å². The number of piperazine rings is 1. The van der Waals surface area contributed by atoms with Crippen LogP contribution in [0.5, 0.6) is 0 Å². The number of carbonyl (C=O) groups excluding carboxylic acids is 2. The van der Waals surface area contributed by atoms with Crippen LogP contribution in [0.3, 0.4) is 0 Å². The molecule has 0 bridgehead atoms. The number of hydrogen-bond acceptors (Lipinski definition) is 7. The maximum Gasteiger partial charge on any atom is 0.410 e. The minimum absolute atomic E-state index is 0.0390. The molecule has 2 amide bonds. The third kappa shape index (κ3) is 7.52. The highest BCUT2D eigenvalue weighted by Crippen LogP contribution is 2.41. The van der Waals surface area contributed by atoms with Crippen molar-refractivity contribution >= 4 is 17.7 Å². The highest BCUT2D eigenvalue weighted by atomic mass is 19.1. The molecular formula is C35H49F2N5O4. The molecule has 252 valence electrons. The van der Waals surface area contributed by atoms with Crippen molar-refractivity contribution in [3.05, 3.63) is 58.9 Å². The number of carbonyl (C=O) groups is 2. The van der Waals surface area contributed by atoms with E-state index < -0.39 is 17.2 Å². The lowest BCUT2D eigenvalue weighted by atomic mass is 9.88. The van der Waals surface area contributed by atoms with Gasteiger partial charge in [-0.15, -0.1) is 0 Å². The van der Waals surface area contributed by atoms with Crippen molar-refractivity contribution in [2.45, 2.75) is 97.0 Å². The fraction of sp³-hybridized carbons (Fsp3) is 0.629. The van der Waals surface area contributed by atoms with Crippen LogP contribution in [0.4, 0.5) is 19.3 Å². The average molecular weight is 642 g/mol. The molecule has 4 atom stereocenters. The van der Waals surface area contributed by atoms with Crippen molar-refractivity contribution in [2.24, 2.45) is 0 Å². The molecule has 5 rings (SSSR count). The first-order valence-electron chi connectivity index (χ1n) is 16.3. The zero-order valence-corrected chi connectivity index (χ0v) is 28.5. The summed E-state index contributed by atoms with van der Waals surface area (Å²) in [6.07, 6.45) is 1.63. The summed E-state index contributed by atoms with van der Waals surface area (Å²) in [6.45, 7) is 19.7. The summed E-state index contributed by atoms with van der Waals surface area (Å²) in [7, 11) is 0. The minimum atomic E-state index is -0.626.